The average molecular weight is 880 g/mol. The van der Waals surface area contributed by atoms with E-state index in [-0.39, 0.29) is 42.2 Å². The number of rotatable bonds is 22. The van der Waals surface area contributed by atoms with Gasteiger partial charge in [0.2, 0.25) is 11.8 Å². The molecule has 3 aromatic carbocycles. The summed E-state index contributed by atoms with van der Waals surface area (Å²) in [7, 11) is 0. The molecule has 0 aliphatic carbocycles. The Kier molecular flexibility index (Phi) is 15.4. The molecule has 0 radical (unpaired) electrons. The van der Waals surface area contributed by atoms with Crippen molar-refractivity contribution in [1.29, 1.82) is 5.26 Å². The molecule has 19 heteroatoms. The van der Waals surface area contributed by atoms with Gasteiger partial charge in [-0.1, -0.05) is 32.0 Å². The third-order valence-electron chi connectivity index (χ3n) is 10.5. The smallest absolute Gasteiger partial charge is 0.417 e. The van der Waals surface area contributed by atoms with Crippen LogP contribution in [0.4, 0.5) is 18.9 Å². The van der Waals surface area contributed by atoms with Crippen LogP contribution in [0, 0.1) is 16.7 Å². The van der Waals surface area contributed by atoms with Crippen molar-refractivity contribution >= 4 is 35.2 Å². The molecule has 3 aliphatic heterocycles. The van der Waals surface area contributed by atoms with Gasteiger partial charge in [0.25, 0.3) is 17.7 Å². The van der Waals surface area contributed by atoms with E-state index in [9.17, 15) is 37.1 Å². The second kappa shape index (κ2) is 20.9. The van der Waals surface area contributed by atoms with Crippen LogP contribution in [-0.2, 0) is 46.1 Å². The zero-order valence-electron chi connectivity index (χ0n) is 34.8. The fourth-order valence-electron chi connectivity index (χ4n) is 7.37. The van der Waals surface area contributed by atoms with Gasteiger partial charge in [-0.05, 0) is 54.4 Å². The van der Waals surface area contributed by atoms with Crippen molar-refractivity contribution in [2.24, 2.45) is 5.41 Å². The van der Waals surface area contributed by atoms with Gasteiger partial charge in [-0.2, -0.15) is 18.4 Å². The lowest BCUT2D eigenvalue weighted by molar-refractivity contribution is -0.138. The third kappa shape index (κ3) is 11.7. The first kappa shape index (κ1) is 46.4. The summed E-state index contributed by atoms with van der Waals surface area (Å²) >= 11 is 0. The second-order valence-corrected chi connectivity index (χ2v) is 15.5. The minimum Gasteiger partial charge on any atom is -0.491 e. The molecule has 2 saturated heterocycles. The third-order valence-corrected chi connectivity index (χ3v) is 10.5. The minimum atomic E-state index is -4.75. The Morgan fingerprint density at radius 3 is 2.10 bits per heavy atom. The van der Waals surface area contributed by atoms with E-state index in [1.807, 2.05) is 26.0 Å². The zero-order valence-corrected chi connectivity index (χ0v) is 34.8. The van der Waals surface area contributed by atoms with Crippen LogP contribution in [0.3, 0.4) is 0 Å². The van der Waals surface area contributed by atoms with Gasteiger partial charge in [0, 0.05) is 37.2 Å². The molecule has 5 amide bonds. The first-order chi connectivity index (χ1) is 30.2. The number of ether oxygens (including phenoxy) is 6. The van der Waals surface area contributed by atoms with E-state index in [0.717, 1.165) is 22.6 Å². The molecular formula is C44H48F3N5O11. The number of nitriles is 1. The molecule has 0 bridgehead atoms. The van der Waals surface area contributed by atoms with Gasteiger partial charge in [-0.3, -0.25) is 34.2 Å². The molecule has 3 heterocycles. The van der Waals surface area contributed by atoms with Crippen LogP contribution in [0.25, 0.3) is 0 Å². The Bertz CT molecular complexity index is 2190. The van der Waals surface area contributed by atoms with Gasteiger partial charge in [-0.15, -0.1) is 0 Å². The molecule has 2 N–H and O–H groups in total. The molecule has 3 aromatic rings. The van der Waals surface area contributed by atoms with Gasteiger partial charge < -0.3 is 38.6 Å². The van der Waals surface area contributed by atoms with Crippen molar-refractivity contribution in [2.75, 3.05) is 77.9 Å². The lowest BCUT2D eigenvalue weighted by Gasteiger charge is -2.27. The zero-order chi connectivity index (χ0) is 45.1. The van der Waals surface area contributed by atoms with Crippen molar-refractivity contribution in [3.8, 4) is 17.6 Å². The Morgan fingerprint density at radius 1 is 0.825 bits per heavy atom. The number of hydrogen-bond acceptors (Lipinski definition) is 13. The van der Waals surface area contributed by atoms with E-state index in [1.165, 1.54) is 18.2 Å². The number of piperidine rings is 1. The van der Waals surface area contributed by atoms with Crippen LogP contribution >= 0.6 is 0 Å². The summed E-state index contributed by atoms with van der Waals surface area (Å²) in [4.78, 5) is 65.9. The standard InChI is InChI=1S/C44H48F3N5O11/c1-43(2)27-51(42(57)38(43)63-31-11-8-29(25-48)33(24-31)44(45,46)47)26-28-6-9-30(10-7-28)62-23-22-61-21-20-60-19-18-59-17-16-58-15-14-49-34-5-3-4-32-37(34)41(56)52(40(32)55)35-12-13-36(53)50-39(35)54/h3-11,24,35,38,49H,12-23,26-27H2,1-2H3,(H,50,53,54). The van der Waals surface area contributed by atoms with Crippen LogP contribution in [0.15, 0.2) is 60.7 Å². The fraction of sp³-hybridized carbons (Fsp3) is 0.455. The van der Waals surface area contributed by atoms with Crippen molar-refractivity contribution in [3.63, 3.8) is 0 Å². The lowest BCUT2D eigenvalue weighted by Crippen LogP contribution is -2.54. The number of fused-ring (bicyclic) bond motifs is 1. The molecule has 0 aromatic heterocycles. The Hall–Kier alpha value is -6.07. The number of hydrogen-bond donors (Lipinski definition) is 2. The number of nitrogens with one attached hydrogen (secondary N) is 2. The van der Waals surface area contributed by atoms with E-state index in [4.69, 9.17) is 33.7 Å². The molecule has 0 spiro atoms. The van der Waals surface area contributed by atoms with E-state index in [2.05, 4.69) is 10.6 Å². The van der Waals surface area contributed by atoms with Crippen LogP contribution in [0.5, 0.6) is 11.5 Å². The number of anilines is 1. The Balaban J connectivity index is 0.778. The summed E-state index contributed by atoms with van der Waals surface area (Å²) in [6.07, 6.45) is -5.63. The minimum absolute atomic E-state index is 0.0453. The van der Waals surface area contributed by atoms with Crippen LogP contribution in [-0.4, -0.2) is 124 Å². The predicted octanol–water partition coefficient (Wildman–Crippen LogP) is 4.35. The molecular weight excluding hydrogens is 832 g/mol. The van der Waals surface area contributed by atoms with Crippen molar-refractivity contribution in [1.82, 2.24) is 15.1 Å². The second-order valence-electron chi connectivity index (χ2n) is 15.5. The van der Waals surface area contributed by atoms with Crippen molar-refractivity contribution in [3.05, 3.63) is 88.5 Å². The number of carbonyl (C=O) groups excluding carboxylic acids is 5. The van der Waals surface area contributed by atoms with E-state index in [1.54, 1.807) is 29.2 Å². The predicted molar refractivity (Wildman–Crippen MR) is 217 cm³/mol. The molecule has 63 heavy (non-hydrogen) atoms. The topological polar surface area (TPSA) is 195 Å². The van der Waals surface area contributed by atoms with E-state index in [0.29, 0.717) is 84.0 Å². The highest BCUT2D eigenvalue weighted by Crippen LogP contribution is 2.38. The van der Waals surface area contributed by atoms with Gasteiger partial charge in [-0.25, -0.2) is 0 Å². The quantitative estimate of drug-likeness (QED) is 0.107. The van der Waals surface area contributed by atoms with Crippen LogP contribution < -0.4 is 20.1 Å². The summed E-state index contributed by atoms with van der Waals surface area (Å²) in [6, 6.07) is 15.6. The normalized spacial score (nSPS) is 18.4. The summed E-state index contributed by atoms with van der Waals surface area (Å²) in [5, 5.41) is 14.4. The van der Waals surface area contributed by atoms with Crippen LogP contribution in [0.1, 0.15) is 64.1 Å². The maximum atomic E-state index is 13.5. The van der Waals surface area contributed by atoms with E-state index >= 15 is 0 Å². The highest BCUT2D eigenvalue weighted by atomic mass is 19.4. The SMILES string of the molecule is CC1(C)CN(Cc2ccc(OCCOCCOCCOCCOCCNc3cccc4c3C(=O)N(C3CCC(=O)NC3=O)C4=O)cc2)C(=O)C1Oc1ccc(C#N)c(C(F)(F)F)c1. The number of benzene rings is 3. The summed E-state index contributed by atoms with van der Waals surface area (Å²) in [5.74, 6) is -2.13. The van der Waals surface area contributed by atoms with Gasteiger partial charge in [0.1, 0.15) is 24.1 Å². The van der Waals surface area contributed by atoms with Gasteiger partial charge in [0.05, 0.1) is 81.2 Å². The molecule has 336 valence electrons. The molecule has 3 aliphatic rings. The van der Waals surface area contributed by atoms with Gasteiger partial charge in [0.15, 0.2) is 6.10 Å². The molecule has 6 rings (SSSR count). The highest BCUT2D eigenvalue weighted by Gasteiger charge is 2.49. The molecule has 16 nitrogen and oxygen atoms in total. The van der Waals surface area contributed by atoms with Crippen molar-refractivity contribution in [2.45, 2.75) is 51.6 Å². The number of nitrogens with zero attached hydrogens (tertiary/aromatic N) is 3. The lowest BCUT2D eigenvalue weighted by atomic mass is 9.89. The molecule has 2 unspecified atom stereocenters. The summed E-state index contributed by atoms with van der Waals surface area (Å²) < 4.78 is 74.2. The Labute approximate surface area is 361 Å². The maximum Gasteiger partial charge on any atom is 0.417 e. The number of imide groups is 2. The first-order valence-corrected chi connectivity index (χ1v) is 20.4. The Morgan fingerprint density at radius 2 is 1.46 bits per heavy atom. The first-order valence-electron chi connectivity index (χ1n) is 20.4. The monoisotopic (exact) mass is 879 g/mol. The maximum absolute atomic E-state index is 13.5. The van der Waals surface area contributed by atoms with Crippen LogP contribution in [0.2, 0.25) is 0 Å². The van der Waals surface area contributed by atoms with Crippen molar-refractivity contribution < 1.29 is 65.6 Å². The molecule has 0 saturated carbocycles. The number of likely N-dealkylation sites (tertiary alicyclic amines) is 1. The number of carbonyl (C=O) groups is 5. The van der Waals surface area contributed by atoms with Gasteiger partial charge >= 0.3 is 6.18 Å². The molecule has 2 fully saturated rings. The highest BCUT2D eigenvalue weighted by molar-refractivity contribution is 6.25. The largest absolute Gasteiger partial charge is 0.491 e. The number of alkyl halides is 3. The van der Waals surface area contributed by atoms with E-state index < -0.39 is 58.5 Å². The fourth-order valence-corrected chi connectivity index (χ4v) is 7.37. The summed E-state index contributed by atoms with van der Waals surface area (Å²) in [6.45, 7) is 7.63. The average Bonchev–Trinajstić information content (AvgIpc) is 3.62. The number of amides is 5. The molecule has 2 atom stereocenters. The summed E-state index contributed by atoms with van der Waals surface area (Å²) in [5.41, 5.74) is -0.672. The number of halogens is 3.